The molecule has 1 aromatic heterocycles. The molecule has 4 heteroatoms. The highest BCUT2D eigenvalue weighted by atomic mass is 31.2. The number of fused-ring (bicyclic) bond motifs is 11. The standard InChI is InChI=1S/C36H25N2OP/c1-24-22-28(20-21-37-24)26-16-14-25(15-17-26)27-18-19-34-32(23-27)31-10-4-7-13-36(31)40(39)35-12-6-3-9-30(35)29-8-2-5-11-33(29)38(34)40/h2-23H,1H3. The maximum atomic E-state index is 15.5. The van der Waals surface area contributed by atoms with Crippen LogP contribution in [0.3, 0.4) is 0 Å². The van der Waals surface area contributed by atoms with Gasteiger partial charge < -0.3 is 0 Å². The molecule has 0 saturated heterocycles. The van der Waals surface area contributed by atoms with Crippen molar-refractivity contribution in [3.63, 3.8) is 0 Å². The van der Waals surface area contributed by atoms with E-state index in [1.807, 2.05) is 55.6 Å². The van der Waals surface area contributed by atoms with Crippen LogP contribution in [-0.2, 0) is 4.57 Å². The molecule has 0 fully saturated rings. The molecule has 3 nitrogen and oxygen atoms in total. The zero-order valence-electron chi connectivity index (χ0n) is 22.0. The lowest BCUT2D eigenvalue weighted by atomic mass is 9.95. The fourth-order valence-electron chi connectivity index (χ4n) is 6.29. The Morgan fingerprint density at radius 1 is 0.525 bits per heavy atom. The summed E-state index contributed by atoms with van der Waals surface area (Å²) in [7, 11) is -3.17. The Labute approximate surface area is 233 Å². The highest BCUT2D eigenvalue weighted by Gasteiger charge is 2.47. The third-order valence-corrected chi connectivity index (χ3v) is 11.2. The highest BCUT2D eigenvalue weighted by Crippen LogP contribution is 2.65. The summed E-state index contributed by atoms with van der Waals surface area (Å²) < 4.78 is 17.6. The predicted octanol–water partition coefficient (Wildman–Crippen LogP) is 8.75. The van der Waals surface area contributed by atoms with Crippen LogP contribution in [-0.4, -0.2) is 4.98 Å². The van der Waals surface area contributed by atoms with Crippen LogP contribution in [0.1, 0.15) is 5.69 Å². The van der Waals surface area contributed by atoms with Gasteiger partial charge in [0, 0.05) is 33.6 Å². The maximum absolute atomic E-state index is 15.5. The first-order chi connectivity index (χ1) is 19.6. The third-order valence-electron chi connectivity index (χ3n) is 8.13. The van der Waals surface area contributed by atoms with Crippen molar-refractivity contribution in [2.24, 2.45) is 0 Å². The Kier molecular flexibility index (Phi) is 5.01. The lowest BCUT2D eigenvalue weighted by Gasteiger charge is -2.44. The van der Waals surface area contributed by atoms with E-state index in [0.717, 1.165) is 61.1 Å². The SMILES string of the molecule is Cc1cc(-c2ccc(-c3ccc4c(c3)-c3ccccc3P3(=O)c5ccccc5-c5ccccc5N43)cc2)ccn1. The number of nitrogens with zero attached hydrogens (tertiary/aromatic N) is 2. The van der Waals surface area contributed by atoms with E-state index in [2.05, 4.69) is 94.6 Å². The molecule has 6 aromatic rings. The predicted molar refractivity (Wildman–Crippen MR) is 166 cm³/mol. The molecule has 0 N–H and O–H groups in total. The molecule has 0 spiro atoms. The highest BCUT2D eigenvalue weighted by molar-refractivity contribution is 7.81. The third kappa shape index (κ3) is 3.25. The van der Waals surface area contributed by atoms with E-state index in [1.165, 1.54) is 11.1 Å². The molecule has 190 valence electrons. The van der Waals surface area contributed by atoms with Crippen molar-refractivity contribution >= 4 is 29.3 Å². The summed E-state index contributed by atoms with van der Waals surface area (Å²) in [5.74, 6) is 0. The van der Waals surface area contributed by atoms with Gasteiger partial charge in [0.2, 0.25) is 7.29 Å². The second-order valence-electron chi connectivity index (χ2n) is 10.4. The largest absolute Gasteiger partial charge is 0.289 e. The van der Waals surface area contributed by atoms with Gasteiger partial charge >= 0.3 is 0 Å². The smallest absolute Gasteiger partial charge is 0.235 e. The number of para-hydroxylation sites is 1. The summed E-state index contributed by atoms with van der Waals surface area (Å²) in [4.78, 5) is 4.33. The van der Waals surface area contributed by atoms with Gasteiger partial charge in [0.1, 0.15) is 0 Å². The molecule has 0 amide bonds. The topological polar surface area (TPSA) is 33.2 Å². The van der Waals surface area contributed by atoms with Crippen molar-refractivity contribution < 1.29 is 4.57 Å². The lowest BCUT2D eigenvalue weighted by molar-refractivity contribution is 0.586. The van der Waals surface area contributed by atoms with Crippen LogP contribution >= 0.6 is 7.29 Å². The fourth-order valence-corrected chi connectivity index (χ4v) is 9.56. The number of anilines is 2. The van der Waals surface area contributed by atoms with Crippen LogP contribution in [0.25, 0.3) is 44.5 Å². The molecule has 0 aliphatic carbocycles. The summed E-state index contributed by atoms with van der Waals surface area (Å²) >= 11 is 0. The van der Waals surface area contributed by atoms with E-state index in [4.69, 9.17) is 0 Å². The molecule has 8 rings (SSSR count). The van der Waals surface area contributed by atoms with Crippen LogP contribution in [0.5, 0.6) is 0 Å². The van der Waals surface area contributed by atoms with Gasteiger partial charge in [-0.3, -0.25) is 14.2 Å². The van der Waals surface area contributed by atoms with Crippen molar-refractivity contribution in [1.29, 1.82) is 0 Å². The second-order valence-corrected chi connectivity index (χ2v) is 13.0. The molecule has 1 unspecified atom stereocenters. The fraction of sp³-hybridized carbons (Fsp3) is 0.0278. The average molecular weight is 533 g/mol. The van der Waals surface area contributed by atoms with Crippen molar-refractivity contribution in [2.45, 2.75) is 6.92 Å². The first kappa shape index (κ1) is 23.2. The van der Waals surface area contributed by atoms with Gasteiger partial charge in [-0.1, -0.05) is 84.9 Å². The summed E-state index contributed by atoms with van der Waals surface area (Å²) in [6.45, 7) is 2.01. The van der Waals surface area contributed by atoms with Gasteiger partial charge in [-0.2, -0.15) is 0 Å². The molecular formula is C36H25N2OP. The second kappa shape index (κ2) is 8.64. The molecule has 1 atom stereocenters. The van der Waals surface area contributed by atoms with E-state index in [-0.39, 0.29) is 0 Å². The van der Waals surface area contributed by atoms with E-state index < -0.39 is 7.29 Å². The van der Waals surface area contributed by atoms with E-state index in [1.54, 1.807) is 0 Å². The number of hydrogen-bond donors (Lipinski definition) is 0. The number of aromatic nitrogens is 1. The molecular weight excluding hydrogens is 507 g/mol. The number of benzene rings is 5. The van der Waals surface area contributed by atoms with Gasteiger partial charge in [0.25, 0.3) is 0 Å². The van der Waals surface area contributed by atoms with Gasteiger partial charge in [-0.15, -0.1) is 0 Å². The number of rotatable bonds is 2. The molecule has 0 radical (unpaired) electrons. The van der Waals surface area contributed by atoms with Crippen LogP contribution in [0.2, 0.25) is 0 Å². The Balaban J connectivity index is 1.32. The maximum Gasteiger partial charge on any atom is 0.235 e. The van der Waals surface area contributed by atoms with Crippen molar-refractivity contribution in [2.75, 3.05) is 4.67 Å². The monoisotopic (exact) mass is 532 g/mol. The number of aryl methyl sites for hydroxylation is 1. The van der Waals surface area contributed by atoms with E-state index in [9.17, 15) is 0 Å². The summed E-state index contributed by atoms with van der Waals surface area (Å²) in [5.41, 5.74) is 11.9. The summed E-state index contributed by atoms with van der Waals surface area (Å²) in [5, 5.41) is 1.79. The molecule has 2 aliphatic rings. The zero-order chi connectivity index (χ0) is 26.8. The van der Waals surface area contributed by atoms with Gasteiger partial charge in [-0.05, 0) is 82.8 Å². The van der Waals surface area contributed by atoms with E-state index in [0.29, 0.717) is 0 Å². The Morgan fingerprint density at radius 2 is 1.05 bits per heavy atom. The Hall–Kier alpha value is -4.72. The molecule has 40 heavy (non-hydrogen) atoms. The minimum Gasteiger partial charge on any atom is -0.289 e. The molecule has 3 heterocycles. The average Bonchev–Trinajstić information content (AvgIpc) is 3.01. The first-order valence-electron chi connectivity index (χ1n) is 13.5. The lowest BCUT2D eigenvalue weighted by Crippen LogP contribution is -2.37. The van der Waals surface area contributed by atoms with Crippen molar-refractivity contribution in [1.82, 2.24) is 4.98 Å². The minimum absolute atomic E-state index is 0.894. The van der Waals surface area contributed by atoms with Crippen LogP contribution < -0.4 is 15.3 Å². The normalized spacial score (nSPS) is 16.3. The van der Waals surface area contributed by atoms with Gasteiger partial charge in [0.15, 0.2) is 0 Å². The Bertz CT molecular complexity index is 2010. The summed E-state index contributed by atoms with van der Waals surface area (Å²) in [6.07, 6.45) is 1.86. The van der Waals surface area contributed by atoms with Crippen LogP contribution in [0.4, 0.5) is 11.4 Å². The van der Waals surface area contributed by atoms with Crippen molar-refractivity contribution in [3.8, 4) is 44.5 Å². The van der Waals surface area contributed by atoms with Gasteiger partial charge in [-0.25, -0.2) is 0 Å². The van der Waals surface area contributed by atoms with E-state index >= 15 is 4.57 Å². The number of hydrogen-bond acceptors (Lipinski definition) is 2. The molecule has 5 aromatic carbocycles. The van der Waals surface area contributed by atoms with Crippen LogP contribution in [0.15, 0.2) is 134 Å². The molecule has 0 bridgehead atoms. The molecule has 0 saturated carbocycles. The Morgan fingerprint density at radius 3 is 1.73 bits per heavy atom. The zero-order valence-corrected chi connectivity index (χ0v) is 22.8. The van der Waals surface area contributed by atoms with Crippen LogP contribution in [0, 0.1) is 6.92 Å². The molecule has 2 aliphatic heterocycles. The van der Waals surface area contributed by atoms with Crippen molar-refractivity contribution in [3.05, 3.63) is 139 Å². The van der Waals surface area contributed by atoms with Gasteiger partial charge in [0.05, 0.1) is 11.4 Å². The quantitative estimate of drug-likeness (QED) is 0.209. The number of pyridine rings is 1. The first-order valence-corrected chi connectivity index (χ1v) is 15.2. The minimum atomic E-state index is -3.17. The summed E-state index contributed by atoms with van der Waals surface area (Å²) in [6, 6.07) is 44.2.